The largest absolute Gasteiger partial charge is 0.492 e. The monoisotopic (exact) mass is 277 g/mol. The molecule has 0 bridgehead atoms. The molecule has 0 aliphatic carbocycles. The quantitative estimate of drug-likeness (QED) is 0.842. The Morgan fingerprint density at radius 2 is 2.20 bits per heavy atom. The van der Waals surface area contributed by atoms with Gasteiger partial charge in [-0.1, -0.05) is 6.92 Å². The van der Waals surface area contributed by atoms with E-state index in [9.17, 15) is 4.39 Å². The first-order valence-corrected chi connectivity index (χ1v) is 6.89. The van der Waals surface area contributed by atoms with Crippen molar-refractivity contribution >= 4 is 5.69 Å². The SMILES string of the molecule is CCCn1cncc1CNc1ccc(F)cc1OCC. The number of benzene rings is 1. The summed E-state index contributed by atoms with van der Waals surface area (Å²) in [5.74, 6) is 0.240. The molecule has 2 aromatic rings. The van der Waals surface area contributed by atoms with Crippen LogP contribution >= 0.6 is 0 Å². The highest BCUT2D eigenvalue weighted by atomic mass is 19.1. The highest BCUT2D eigenvalue weighted by Gasteiger charge is 2.07. The van der Waals surface area contributed by atoms with Gasteiger partial charge in [0.1, 0.15) is 11.6 Å². The van der Waals surface area contributed by atoms with Gasteiger partial charge in [-0.2, -0.15) is 0 Å². The highest BCUT2D eigenvalue weighted by Crippen LogP contribution is 2.25. The lowest BCUT2D eigenvalue weighted by Gasteiger charge is -2.13. The molecule has 1 aromatic heterocycles. The Kier molecular flexibility index (Phi) is 4.98. The highest BCUT2D eigenvalue weighted by molar-refractivity contribution is 5.56. The molecule has 0 saturated carbocycles. The maximum Gasteiger partial charge on any atom is 0.145 e. The number of aromatic nitrogens is 2. The van der Waals surface area contributed by atoms with Crippen molar-refractivity contribution in [3.8, 4) is 5.75 Å². The van der Waals surface area contributed by atoms with E-state index in [-0.39, 0.29) is 5.82 Å². The topological polar surface area (TPSA) is 39.1 Å². The number of imidazole rings is 1. The Hall–Kier alpha value is -2.04. The number of hydrogen-bond donors (Lipinski definition) is 1. The molecular formula is C15H20FN3O. The van der Waals surface area contributed by atoms with Gasteiger partial charge in [-0.15, -0.1) is 0 Å². The molecule has 0 saturated heterocycles. The fourth-order valence-corrected chi connectivity index (χ4v) is 2.04. The maximum absolute atomic E-state index is 13.2. The zero-order valence-corrected chi connectivity index (χ0v) is 11.9. The predicted molar refractivity (Wildman–Crippen MR) is 77.4 cm³/mol. The summed E-state index contributed by atoms with van der Waals surface area (Å²) in [5.41, 5.74) is 1.89. The van der Waals surface area contributed by atoms with E-state index in [0.717, 1.165) is 24.3 Å². The van der Waals surface area contributed by atoms with Crippen molar-refractivity contribution in [3.63, 3.8) is 0 Å². The van der Waals surface area contributed by atoms with Gasteiger partial charge in [-0.05, 0) is 25.5 Å². The summed E-state index contributed by atoms with van der Waals surface area (Å²) in [4.78, 5) is 4.16. The van der Waals surface area contributed by atoms with E-state index in [2.05, 4.69) is 21.8 Å². The molecule has 0 unspecified atom stereocenters. The second-order valence-corrected chi connectivity index (χ2v) is 4.51. The lowest BCUT2D eigenvalue weighted by molar-refractivity contribution is 0.339. The number of hydrogen-bond acceptors (Lipinski definition) is 3. The molecule has 0 atom stereocenters. The van der Waals surface area contributed by atoms with Gasteiger partial charge in [0.05, 0.1) is 30.9 Å². The molecule has 1 heterocycles. The summed E-state index contributed by atoms with van der Waals surface area (Å²) in [5, 5.41) is 3.27. The van der Waals surface area contributed by atoms with E-state index >= 15 is 0 Å². The number of halogens is 1. The van der Waals surface area contributed by atoms with Crippen molar-refractivity contribution < 1.29 is 9.13 Å². The molecule has 1 aromatic carbocycles. The number of nitrogens with zero attached hydrogens (tertiary/aromatic N) is 2. The van der Waals surface area contributed by atoms with Gasteiger partial charge in [0.2, 0.25) is 0 Å². The van der Waals surface area contributed by atoms with E-state index in [1.807, 2.05) is 19.4 Å². The summed E-state index contributed by atoms with van der Waals surface area (Å²) in [7, 11) is 0. The molecule has 108 valence electrons. The van der Waals surface area contributed by atoms with Gasteiger partial charge in [-0.3, -0.25) is 0 Å². The van der Waals surface area contributed by atoms with Gasteiger partial charge in [0.15, 0.2) is 0 Å². The first-order chi connectivity index (χ1) is 9.74. The van der Waals surface area contributed by atoms with Crippen LogP contribution < -0.4 is 10.1 Å². The average molecular weight is 277 g/mol. The van der Waals surface area contributed by atoms with Crippen LogP contribution in [0.25, 0.3) is 0 Å². The molecule has 0 fully saturated rings. The molecule has 20 heavy (non-hydrogen) atoms. The van der Waals surface area contributed by atoms with E-state index < -0.39 is 0 Å². The van der Waals surface area contributed by atoms with Crippen LogP contribution in [0.2, 0.25) is 0 Å². The van der Waals surface area contributed by atoms with Crippen LogP contribution in [-0.4, -0.2) is 16.2 Å². The standard InChI is InChI=1S/C15H20FN3O/c1-3-7-19-11-17-9-13(19)10-18-14-6-5-12(16)8-15(14)20-4-2/h5-6,8-9,11,18H,3-4,7,10H2,1-2H3. The molecule has 5 heteroatoms. The molecule has 0 aliphatic rings. The lowest BCUT2D eigenvalue weighted by Crippen LogP contribution is -2.08. The Balaban J connectivity index is 2.08. The summed E-state index contributed by atoms with van der Waals surface area (Å²) in [6.07, 6.45) is 4.73. The molecule has 0 radical (unpaired) electrons. The first-order valence-electron chi connectivity index (χ1n) is 6.89. The Morgan fingerprint density at radius 1 is 1.35 bits per heavy atom. The number of aryl methyl sites for hydroxylation is 1. The number of ether oxygens (including phenoxy) is 1. The molecule has 0 amide bonds. The Labute approximate surface area is 118 Å². The molecule has 0 aliphatic heterocycles. The normalized spacial score (nSPS) is 10.6. The second-order valence-electron chi connectivity index (χ2n) is 4.51. The third-order valence-electron chi connectivity index (χ3n) is 2.97. The van der Waals surface area contributed by atoms with Crippen molar-refractivity contribution in [2.24, 2.45) is 0 Å². The smallest absolute Gasteiger partial charge is 0.145 e. The van der Waals surface area contributed by atoms with Crippen molar-refractivity contribution in [2.45, 2.75) is 33.4 Å². The minimum absolute atomic E-state index is 0.296. The van der Waals surface area contributed by atoms with Gasteiger partial charge in [0, 0.05) is 18.8 Å². The molecular weight excluding hydrogens is 257 g/mol. The van der Waals surface area contributed by atoms with Gasteiger partial charge >= 0.3 is 0 Å². The fourth-order valence-electron chi connectivity index (χ4n) is 2.04. The van der Waals surface area contributed by atoms with Crippen LogP contribution in [0.1, 0.15) is 26.0 Å². The number of anilines is 1. The minimum Gasteiger partial charge on any atom is -0.492 e. The number of rotatable bonds is 7. The summed E-state index contributed by atoms with van der Waals surface area (Å²) in [6, 6.07) is 4.52. The van der Waals surface area contributed by atoms with Crippen LogP contribution in [0.3, 0.4) is 0 Å². The molecule has 0 spiro atoms. The van der Waals surface area contributed by atoms with E-state index in [1.165, 1.54) is 12.1 Å². The molecule has 2 rings (SSSR count). The minimum atomic E-state index is -0.296. The van der Waals surface area contributed by atoms with Crippen molar-refractivity contribution in [2.75, 3.05) is 11.9 Å². The van der Waals surface area contributed by atoms with E-state index in [1.54, 1.807) is 6.07 Å². The zero-order chi connectivity index (χ0) is 14.4. The predicted octanol–water partition coefficient (Wildman–Crippen LogP) is 3.44. The van der Waals surface area contributed by atoms with Crippen LogP contribution in [-0.2, 0) is 13.1 Å². The van der Waals surface area contributed by atoms with Crippen LogP contribution in [0.5, 0.6) is 5.75 Å². The van der Waals surface area contributed by atoms with Crippen molar-refractivity contribution in [1.82, 2.24) is 9.55 Å². The van der Waals surface area contributed by atoms with Crippen LogP contribution in [0, 0.1) is 5.82 Å². The van der Waals surface area contributed by atoms with Gasteiger partial charge < -0.3 is 14.6 Å². The first kappa shape index (κ1) is 14.4. The third-order valence-corrected chi connectivity index (χ3v) is 2.97. The van der Waals surface area contributed by atoms with Crippen molar-refractivity contribution in [3.05, 3.63) is 42.2 Å². The second kappa shape index (κ2) is 6.93. The van der Waals surface area contributed by atoms with E-state index in [0.29, 0.717) is 18.9 Å². The summed E-state index contributed by atoms with van der Waals surface area (Å²) >= 11 is 0. The van der Waals surface area contributed by atoms with E-state index in [4.69, 9.17) is 4.74 Å². The lowest BCUT2D eigenvalue weighted by atomic mass is 10.2. The Bertz CT molecular complexity index is 554. The number of nitrogens with one attached hydrogen (secondary N) is 1. The van der Waals surface area contributed by atoms with Crippen molar-refractivity contribution in [1.29, 1.82) is 0 Å². The maximum atomic E-state index is 13.2. The Morgan fingerprint density at radius 3 is 2.95 bits per heavy atom. The molecule has 4 nitrogen and oxygen atoms in total. The molecule has 1 N–H and O–H groups in total. The van der Waals surface area contributed by atoms with Crippen LogP contribution in [0.4, 0.5) is 10.1 Å². The fraction of sp³-hybridized carbons (Fsp3) is 0.400. The van der Waals surface area contributed by atoms with Gasteiger partial charge in [-0.25, -0.2) is 9.37 Å². The summed E-state index contributed by atoms with van der Waals surface area (Å²) < 4.78 is 20.8. The zero-order valence-electron chi connectivity index (χ0n) is 11.9. The summed E-state index contributed by atoms with van der Waals surface area (Å²) in [6.45, 7) is 6.09. The van der Waals surface area contributed by atoms with Gasteiger partial charge in [0.25, 0.3) is 0 Å². The third kappa shape index (κ3) is 3.50. The van der Waals surface area contributed by atoms with Crippen LogP contribution in [0.15, 0.2) is 30.7 Å². The average Bonchev–Trinajstić information content (AvgIpc) is 2.86.